The lowest BCUT2D eigenvalue weighted by atomic mass is 10.3. The summed E-state index contributed by atoms with van der Waals surface area (Å²) in [4.78, 5) is 17.7. The average molecular weight is 365 g/mol. The van der Waals surface area contributed by atoms with Gasteiger partial charge in [-0.05, 0) is 6.92 Å². The van der Waals surface area contributed by atoms with E-state index < -0.39 is 0 Å². The molecule has 0 aliphatic carbocycles. The standard InChI is InChI=1S/C16H15N9S/c1-4-12-16(26-9-18-12)20-10(2)7-25-15-14(22-23-25)17-6-13(21-15)11-5-19-24(3)8-11/h4-6,8-9H,2,7H2,1,3H3/b12-4+,20-16?. The van der Waals surface area contributed by atoms with Gasteiger partial charge in [0.05, 0.1) is 41.6 Å². The Morgan fingerprint density at radius 3 is 3.04 bits per heavy atom. The van der Waals surface area contributed by atoms with E-state index >= 15 is 0 Å². The lowest BCUT2D eigenvalue weighted by Crippen LogP contribution is -2.04. The molecular weight excluding hydrogens is 350 g/mol. The summed E-state index contributed by atoms with van der Waals surface area (Å²) in [7, 11) is 1.86. The van der Waals surface area contributed by atoms with Crippen molar-refractivity contribution in [1.82, 2.24) is 34.7 Å². The number of aryl methyl sites for hydroxylation is 1. The molecule has 10 heteroatoms. The predicted molar refractivity (Wildman–Crippen MR) is 102 cm³/mol. The second-order valence-electron chi connectivity index (χ2n) is 5.56. The molecular formula is C16H15N9S. The Hall–Kier alpha value is -3.14. The Labute approximate surface area is 153 Å². The lowest BCUT2D eigenvalue weighted by molar-refractivity contribution is 0.654. The van der Waals surface area contributed by atoms with Crippen molar-refractivity contribution < 1.29 is 0 Å². The fourth-order valence-corrected chi connectivity index (χ4v) is 3.18. The van der Waals surface area contributed by atoms with Gasteiger partial charge in [-0.2, -0.15) is 5.10 Å². The summed E-state index contributed by atoms with van der Waals surface area (Å²) in [6.07, 6.45) is 7.20. The molecule has 4 rings (SSSR count). The van der Waals surface area contributed by atoms with Crippen molar-refractivity contribution in [3.8, 4) is 11.3 Å². The largest absolute Gasteiger partial charge is 0.275 e. The van der Waals surface area contributed by atoms with Crippen LogP contribution in [0.5, 0.6) is 0 Å². The third kappa shape index (κ3) is 3.06. The molecule has 0 aromatic carbocycles. The molecule has 0 saturated heterocycles. The fourth-order valence-electron chi connectivity index (χ4n) is 2.44. The van der Waals surface area contributed by atoms with Crippen LogP contribution in [0, 0.1) is 0 Å². The SMILES string of the molecule is C=C(Cn1nnc2ncc(-c3cnn(C)c3)nc21)N=C1SC=N/C1=C/C. The van der Waals surface area contributed by atoms with Gasteiger partial charge in [0.25, 0.3) is 0 Å². The predicted octanol–water partition coefficient (Wildman–Crippen LogP) is 2.21. The number of aromatic nitrogens is 7. The topological polar surface area (TPSA) is 99.0 Å². The number of allylic oxidation sites excluding steroid dienone is 2. The van der Waals surface area contributed by atoms with Gasteiger partial charge in [-0.25, -0.2) is 24.6 Å². The van der Waals surface area contributed by atoms with Crippen LogP contribution in [0.3, 0.4) is 0 Å². The molecule has 0 atom stereocenters. The molecule has 3 aromatic heterocycles. The van der Waals surface area contributed by atoms with Gasteiger partial charge in [0.15, 0.2) is 5.65 Å². The molecule has 0 unspecified atom stereocenters. The fraction of sp³-hybridized carbons (Fsp3) is 0.188. The molecule has 0 amide bonds. The summed E-state index contributed by atoms with van der Waals surface area (Å²) in [6, 6.07) is 0. The summed E-state index contributed by atoms with van der Waals surface area (Å²) in [5, 5.41) is 13.2. The van der Waals surface area contributed by atoms with E-state index in [0.717, 1.165) is 16.3 Å². The summed E-state index contributed by atoms with van der Waals surface area (Å²) in [5.41, 5.74) is 5.89. The Morgan fingerprint density at radius 2 is 2.27 bits per heavy atom. The molecule has 0 fully saturated rings. The maximum Gasteiger partial charge on any atom is 0.221 e. The molecule has 9 nitrogen and oxygen atoms in total. The molecule has 0 spiro atoms. The lowest BCUT2D eigenvalue weighted by Gasteiger charge is -2.03. The number of hydrogen-bond donors (Lipinski definition) is 0. The number of aliphatic imine (C=N–C) groups is 2. The van der Waals surface area contributed by atoms with Crippen molar-refractivity contribution in [2.45, 2.75) is 13.5 Å². The summed E-state index contributed by atoms with van der Waals surface area (Å²) in [5.74, 6) is 0. The van der Waals surface area contributed by atoms with Gasteiger partial charge in [-0.15, -0.1) is 5.10 Å². The highest BCUT2D eigenvalue weighted by Crippen LogP contribution is 2.22. The number of thioether (sulfide) groups is 1. The molecule has 0 saturated carbocycles. The van der Waals surface area contributed by atoms with Crippen molar-refractivity contribution in [1.29, 1.82) is 0 Å². The van der Waals surface area contributed by atoms with Crippen LogP contribution in [0.1, 0.15) is 6.92 Å². The van der Waals surface area contributed by atoms with Crippen molar-refractivity contribution >= 4 is 33.6 Å². The number of hydrogen-bond acceptors (Lipinski definition) is 8. The van der Waals surface area contributed by atoms with E-state index in [2.05, 4.69) is 41.9 Å². The van der Waals surface area contributed by atoms with Crippen LogP contribution in [0.25, 0.3) is 22.6 Å². The first kappa shape index (κ1) is 16.3. The van der Waals surface area contributed by atoms with E-state index in [1.165, 1.54) is 11.8 Å². The molecule has 0 bridgehead atoms. The average Bonchev–Trinajstić information content (AvgIpc) is 3.35. The van der Waals surface area contributed by atoms with Crippen molar-refractivity contribution in [2.24, 2.45) is 17.0 Å². The monoisotopic (exact) mass is 365 g/mol. The van der Waals surface area contributed by atoms with Gasteiger partial charge in [0.1, 0.15) is 5.04 Å². The van der Waals surface area contributed by atoms with E-state index in [9.17, 15) is 0 Å². The molecule has 0 radical (unpaired) electrons. The smallest absolute Gasteiger partial charge is 0.221 e. The Kier molecular flexibility index (Phi) is 4.17. The van der Waals surface area contributed by atoms with Gasteiger partial charge in [0, 0.05) is 18.8 Å². The minimum Gasteiger partial charge on any atom is -0.275 e. The van der Waals surface area contributed by atoms with Gasteiger partial charge in [0.2, 0.25) is 5.65 Å². The highest BCUT2D eigenvalue weighted by Gasteiger charge is 2.14. The van der Waals surface area contributed by atoms with E-state index in [0.29, 0.717) is 29.2 Å². The van der Waals surface area contributed by atoms with Crippen LogP contribution in [-0.4, -0.2) is 45.3 Å². The maximum absolute atomic E-state index is 4.63. The number of nitrogens with zero attached hydrogens (tertiary/aromatic N) is 9. The van der Waals surface area contributed by atoms with Crippen LogP contribution in [0.4, 0.5) is 0 Å². The van der Waals surface area contributed by atoms with Gasteiger partial charge in [-0.1, -0.05) is 29.6 Å². The maximum atomic E-state index is 4.63. The highest BCUT2D eigenvalue weighted by atomic mass is 32.2. The summed E-state index contributed by atoms with van der Waals surface area (Å²) in [6.45, 7) is 6.31. The molecule has 26 heavy (non-hydrogen) atoms. The minimum absolute atomic E-state index is 0.364. The first-order valence-electron chi connectivity index (χ1n) is 7.81. The zero-order chi connectivity index (χ0) is 18.1. The quantitative estimate of drug-likeness (QED) is 0.703. The number of fused-ring (bicyclic) bond motifs is 1. The van der Waals surface area contributed by atoms with E-state index in [1.807, 2.05) is 26.2 Å². The van der Waals surface area contributed by atoms with Crippen LogP contribution >= 0.6 is 11.8 Å². The highest BCUT2D eigenvalue weighted by molar-refractivity contribution is 8.26. The first-order chi connectivity index (χ1) is 12.6. The third-order valence-corrected chi connectivity index (χ3v) is 4.40. The van der Waals surface area contributed by atoms with Gasteiger partial charge in [-0.3, -0.25) is 4.68 Å². The minimum atomic E-state index is 0.364. The van der Waals surface area contributed by atoms with Crippen LogP contribution in [-0.2, 0) is 13.6 Å². The van der Waals surface area contributed by atoms with Crippen LogP contribution in [0.2, 0.25) is 0 Å². The van der Waals surface area contributed by atoms with E-state index in [4.69, 9.17) is 0 Å². The third-order valence-electron chi connectivity index (χ3n) is 3.67. The molecule has 1 aliphatic heterocycles. The van der Waals surface area contributed by atoms with E-state index in [1.54, 1.807) is 27.3 Å². The molecule has 4 heterocycles. The molecule has 1 aliphatic rings. The molecule has 130 valence electrons. The normalized spacial score (nSPS) is 17.0. The zero-order valence-corrected chi connectivity index (χ0v) is 15.1. The Bertz CT molecular complexity index is 1090. The summed E-state index contributed by atoms with van der Waals surface area (Å²) >= 11 is 1.47. The van der Waals surface area contributed by atoms with Crippen molar-refractivity contribution in [3.05, 3.63) is 42.6 Å². The zero-order valence-electron chi connectivity index (χ0n) is 14.2. The molecule has 3 aromatic rings. The molecule has 0 N–H and O–H groups in total. The second kappa shape index (κ2) is 6.64. The van der Waals surface area contributed by atoms with Gasteiger partial charge >= 0.3 is 0 Å². The Balaban J connectivity index is 1.62. The first-order valence-corrected chi connectivity index (χ1v) is 8.69. The Morgan fingerprint density at radius 1 is 1.38 bits per heavy atom. The van der Waals surface area contributed by atoms with Crippen molar-refractivity contribution in [3.63, 3.8) is 0 Å². The van der Waals surface area contributed by atoms with Crippen LogP contribution < -0.4 is 0 Å². The van der Waals surface area contributed by atoms with E-state index in [-0.39, 0.29) is 0 Å². The number of rotatable bonds is 4. The van der Waals surface area contributed by atoms with Crippen LogP contribution in [0.15, 0.2) is 52.6 Å². The van der Waals surface area contributed by atoms with Gasteiger partial charge < -0.3 is 0 Å². The summed E-state index contributed by atoms with van der Waals surface area (Å²) < 4.78 is 3.36. The second-order valence-corrected chi connectivity index (χ2v) is 6.39. The van der Waals surface area contributed by atoms with Crippen molar-refractivity contribution in [2.75, 3.05) is 0 Å².